The van der Waals surface area contributed by atoms with Crippen LogP contribution in [0.4, 0.5) is 10.1 Å². The number of para-hydroxylation sites is 1. The first-order chi connectivity index (χ1) is 6.77. The molecule has 5 heteroatoms. The Morgan fingerprint density at radius 2 is 2.07 bits per heavy atom. The van der Waals surface area contributed by atoms with Crippen LogP contribution in [0.5, 0.6) is 0 Å². The van der Waals surface area contributed by atoms with Crippen LogP contribution in [-0.2, 0) is 0 Å². The van der Waals surface area contributed by atoms with E-state index in [-0.39, 0.29) is 12.1 Å². The molecule has 0 radical (unpaired) electrons. The third-order valence-electron chi connectivity index (χ3n) is 2.07. The Kier molecular flexibility index (Phi) is 3.00. The molecular formula is C9H11BrFN3. The summed E-state index contributed by atoms with van der Waals surface area (Å²) in [5.74, 6) is -0.255. The lowest BCUT2D eigenvalue weighted by molar-refractivity contribution is 0.594. The zero-order chi connectivity index (χ0) is 9.97. The zero-order valence-corrected chi connectivity index (χ0v) is 9.07. The third kappa shape index (κ3) is 2.05. The summed E-state index contributed by atoms with van der Waals surface area (Å²) >= 11 is 3.30. The fourth-order valence-corrected chi connectivity index (χ4v) is 1.84. The molecule has 1 saturated heterocycles. The molecule has 0 saturated carbocycles. The van der Waals surface area contributed by atoms with Crippen LogP contribution >= 0.6 is 15.9 Å². The van der Waals surface area contributed by atoms with E-state index in [0.717, 1.165) is 17.6 Å². The predicted octanol–water partition coefficient (Wildman–Crippen LogP) is 1.48. The van der Waals surface area contributed by atoms with E-state index in [1.165, 1.54) is 6.07 Å². The van der Waals surface area contributed by atoms with Gasteiger partial charge in [0.2, 0.25) is 0 Å². The average Bonchev–Trinajstić information content (AvgIpc) is 2.64. The van der Waals surface area contributed by atoms with Crippen LogP contribution < -0.4 is 16.0 Å². The van der Waals surface area contributed by atoms with Gasteiger partial charge in [0, 0.05) is 17.6 Å². The Hall–Kier alpha value is -0.650. The highest BCUT2D eigenvalue weighted by molar-refractivity contribution is 9.10. The van der Waals surface area contributed by atoms with Gasteiger partial charge in [0.15, 0.2) is 0 Å². The standard InChI is InChI=1S/C9H11BrFN3/c10-6-2-1-3-7(11)8(6)14-9-12-4-5-13-9/h1-3,9,12-14H,4-5H2. The second-order valence-electron chi connectivity index (χ2n) is 3.08. The maximum atomic E-state index is 13.4. The maximum absolute atomic E-state index is 13.4. The number of benzene rings is 1. The minimum atomic E-state index is -0.255. The van der Waals surface area contributed by atoms with Crippen molar-refractivity contribution in [3.63, 3.8) is 0 Å². The van der Waals surface area contributed by atoms with Crippen LogP contribution in [0.15, 0.2) is 22.7 Å². The van der Waals surface area contributed by atoms with Crippen LogP contribution in [0.25, 0.3) is 0 Å². The van der Waals surface area contributed by atoms with E-state index in [4.69, 9.17) is 0 Å². The van der Waals surface area contributed by atoms with Crippen molar-refractivity contribution in [3.05, 3.63) is 28.5 Å². The van der Waals surface area contributed by atoms with Crippen molar-refractivity contribution < 1.29 is 4.39 Å². The topological polar surface area (TPSA) is 36.1 Å². The molecule has 0 aromatic heterocycles. The lowest BCUT2D eigenvalue weighted by atomic mass is 10.3. The Labute approximate surface area is 90.2 Å². The number of hydrogen-bond donors (Lipinski definition) is 3. The molecular weight excluding hydrogens is 249 g/mol. The van der Waals surface area contributed by atoms with E-state index in [0.29, 0.717) is 5.69 Å². The molecule has 1 aromatic carbocycles. The molecule has 1 aromatic rings. The van der Waals surface area contributed by atoms with E-state index < -0.39 is 0 Å². The van der Waals surface area contributed by atoms with E-state index in [1.54, 1.807) is 12.1 Å². The molecule has 3 N–H and O–H groups in total. The third-order valence-corrected chi connectivity index (χ3v) is 2.73. The Morgan fingerprint density at radius 1 is 1.36 bits per heavy atom. The summed E-state index contributed by atoms with van der Waals surface area (Å²) < 4.78 is 14.1. The lowest BCUT2D eigenvalue weighted by Crippen LogP contribution is -2.39. The second kappa shape index (κ2) is 4.25. The second-order valence-corrected chi connectivity index (χ2v) is 3.94. The van der Waals surface area contributed by atoms with Crippen LogP contribution in [0.3, 0.4) is 0 Å². The molecule has 3 nitrogen and oxygen atoms in total. The molecule has 76 valence electrons. The maximum Gasteiger partial charge on any atom is 0.147 e. The first kappa shape index (κ1) is 9.89. The fraction of sp³-hybridized carbons (Fsp3) is 0.333. The van der Waals surface area contributed by atoms with Gasteiger partial charge in [0.1, 0.15) is 12.1 Å². The van der Waals surface area contributed by atoms with Gasteiger partial charge in [0.25, 0.3) is 0 Å². The molecule has 2 rings (SSSR count). The highest BCUT2D eigenvalue weighted by atomic mass is 79.9. The van der Waals surface area contributed by atoms with Crippen LogP contribution in [0, 0.1) is 5.82 Å². The van der Waals surface area contributed by atoms with Gasteiger partial charge in [-0.25, -0.2) is 4.39 Å². The summed E-state index contributed by atoms with van der Waals surface area (Å²) in [6, 6.07) is 4.91. The number of hydrogen-bond acceptors (Lipinski definition) is 3. The van der Waals surface area contributed by atoms with Gasteiger partial charge >= 0.3 is 0 Å². The molecule has 0 aliphatic carbocycles. The van der Waals surface area contributed by atoms with Crippen molar-refractivity contribution in [1.29, 1.82) is 0 Å². The van der Waals surface area contributed by atoms with Crippen molar-refractivity contribution >= 4 is 21.6 Å². The summed E-state index contributed by atoms with van der Waals surface area (Å²) in [5, 5.41) is 9.33. The lowest BCUT2D eigenvalue weighted by Gasteiger charge is -2.16. The van der Waals surface area contributed by atoms with E-state index in [1.807, 2.05) is 0 Å². The van der Waals surface area contributed by atoms with Crippen molar-refractivity contribution in [2.45, 2.75) is 6.29 Å². The first-order valence-electron chi connectivity index (χ1n) is 4.45. The van der Waals surface area contributed by atoms with E-state index in [2.05, 4.69) is 31.9 Å². The number of rotatable bonds is 2. The van der Waals surface area contributed by atoms with Gasteiger partial charge in [-0.1, -0.05) is 6.07 Å². The smallest absolute Gasteiger partial charge is 0.147 e. The molecule has 0 unspecified atom stereocenters. The van der Waals surface area contributed by atoms with Gasteiger partial charge in [-0.15, -0.1) is 0 Å². The van der Waals surface area contributed by atoms with Gasteiger partial charge in [-0.05, 0) is 28.1 Å². The van der Waals surface area contributed by atoms with Crippen LogP contribution in [0.2, 0.25) is 0 Å². The molecule has 1 heterocycles. The summed E-state index contributed by atoms with van der Waals surface area (Å²) in [4.78, 5) is 0. The number of halogens is 2. The van der Waals surface area contributed by atoms with Gasteiger partial charge in [-0.2, -0.15) is 0 Å². The highest BCUT2D eigenvalue weighted by Crippen LogP contribution is 2.25. The molecule has 1 aliphatic heterocycles. The Morgan fingerprint density at radius 3 is 2.71 bits per heavy atom. The number of anilines is 1. The quantitative estimate of drug-likeness (QED) is 0.753. The zero-order valence-electron chi connectivity index (χ0n) is 7.48. The highest BCUT2D eigenvalue weighted by Gasteiger charge is 2.15. The molecule has 14 heavy (non-hydrogen) atoms. The Bertz CT molecular complexity index is 306. The predicted molar refractivity (Wildman–Crippen MR) is 57.5 cm³/mol. The number of nitrogens with one attached hydrogen (secondary N) is 3. The van der Waals surface area contributed by atoms with E-state index >= 15 is 0 Å². The van der Waals surface area contributed by atoms with Gasteiger partial charge in [0.05, 0.1) is 5.69 Å². The summed E-state index contributed by atoms with van der Waals surface area (Å²) in [7, 11) is 0. The largest absolute Gasteiger partial charge is 0.354 e. The van der Waals surface area contributed by atoms with Crippen molar-refractivity contribution in [2.75, 3.05) is 18.4 Å². The molecule has 1 fully saturated rings. The fourth-order valence-electron chi connectivity index (χ4n) is 1.39. The van der Waals surface area contributed by atoms with Gasteiger partial charge in [-0.3, -0.25) is 10.6 Å². The molecule has 0 bridgehead atoms. The molecule has 0 atom stereocenters. The van der Waals surface area contributed by atoms with Crippen molar-refractivity contribution in [2.24, 2.45) is 0 Å². The molecule has 0 spiro atoms. The normalized spacial score (nSPS) is 17.3. The van der Waals surface area contributed by atoms with E-state index in [9.17, 15) is 4.39 Å². The monoisotopic (exact) mass is 259 g/mol. The van der Waals surface area contributed by atoms with Gasteiger partial charge < -0.3 is 5.32 Å². The Balaban J connectivity index is 2.14. The SMILES string of the molecule is Fc1cccc(Br)c1NC1NCCN1. The van der Waals surface area contributed by atoms with Crippen molar-refractivity contribution in [1.82, 2.24) is 10.6 Å². The van der Waals surface area contributed by atoms with Crippen molar-refractivity contribution in [3.8, 4) is 0 Å². The summed E-state index contributed by atoms with van der Waals surface area (Å²) in [6.07, 6.45) is -0.0526. The molecule has 0 amide bonds. The average molecular weight is 260 g/mol. The minimum absolute atomic E-state index is 0.0526. The summed E-state index contributed by atoms with van der Waals surface area (Å²) in [6.45, 7) is 1.79. The first-order valence-corrected chi connectivity index (χ1v) is 5.24. The molecule has 1 aliphatic rings. The minimum Gasteiger partial charge on any atom is -0.354 e. The van der Waals surface area contributed by atoms with Crippen LogP contribution in [-0.4, -0.2) is 19.4 Å². The van der Waals surface area contributed by atoms with Crippen LogP contribution in [0.1, 0.15) is 0 Å². The summed E-state index contributed by atoms with van der Waals surface area (Å²) in [5.41, 5.74) is 0.486.